The third-order valence-corrected chi connectivity index (χ3v) is 5.43. The van der Waals surface area contributed by atoms with E-state index in [9.17, 15) is 9.59 Å². The zero-order valence-corrected chi connectivity index (χ0v) is 15.5. The van der Waals surface area contributed by atoms with Gasteiger partial charge in [-0.15, -0.1) is 0 Å². The fraction of sp³-hybridized carbons (Fsp3) is 0.190. The summed E-state index contributed by atoms with van der Waals surface area (Å²) in [7, 11) is 0. The van der Waals surface area contributed by atoms with Gasteiger partial charge >= 0.3 is 0 Å². The Bertz CT molecular complexity index is 941. The Balaban J connectivity index is 1.52. The second-order valence-electron chi connectivity index (χ2n) is 6.49. The highest BCUT2D eigenvalue weighted by molar-refractivity contribution is 7.08. The number of carbonyl (C=O) groups is 2. The molecule has 1 aliphatic rings. The molecule has 2 amide bonds. The van der Waals surface area contributed by atoms with Gasteiger partial charge < -0.3 is 10.2 Å². The molecule has 6 heteroatoms. The van der Waals surface area contributed by atoms with Gasteiger partial charge in [-0.2, -0.15) is 11.3 Å². The van der Waals surface area contributed by atoms with Crippen molar-refractivity contribution in [3.05, 3.63) is 82.3 Å². The highest BCUT2D eigenvalue weighted by atomic mass is 32.1. The van der Waals surface area contributed by atoms with Gasteiger partial charge in [-0.1, -0.05) is 6.07 Å². The van der Waals surface area contributed by atoms with Crippen LogP contribution in [0.25, 0.3) is 0 Å². The third kappa shape index (κ3) is 3.75. The Morgan fingerprint density at radius 2 is 2.04 bits per heavy atom. The van der Waals surface area contributed by atoms with Gasteiger partial charge in [-0.25, -0.2) is 0 Å². The number of amides is 2. The van der Waals surface area contributed by atoms with Crippen molar-refractivity contribution >= 4 is 28.8 Å². The summed E-state index contributed by atoms with van der Waals surface area (Å²) in [5.41, 5.74) is 2.86. The molecule has 3 heterocycles. The van der Waals surface area contributed by atoms with Crippen molar-refractivity contribution in [2.75, 3.05) is 11.9 Å². The summed E-state index contributed by atoms with van der Waals surface area (Å²) in [5, 5.41) is 6.99. The molecule has 1 aromatic carbocycles. The van der Waals surface area contributed by atoms with Crippen LogP contribution in [0.2, 0.25) is 0 Å². The van der Waals surface area contributed by atoms with Gasteiger partial charge in [0.05, 0.1) is 11.6 Å². The maximum Gasteiger partial charge on any atom is 0.257 e. The monoisotopic (exact) mass is 377 g/mol. The first-order chi connectivity index (χ1) is 13.2. The number of likely N-dealkylation sites (tertiary alicyclic amines) is 1. The van der Waals surface area contributed by atoms with Crippen LogP contribution in [-0.4, -0.2) is 28.2 Å². The zero-order valence-electron chi connectivity index (χ0n) is 14.7. The lowest BCUT2D eigenvalue weighted by atomic mass is 10.1. The predicted molar refractivity (Wildman–Crippen MR) is 106 cm³/mol. The number of nitrogens with one attached hydrogen (secondary N) is 1. The Morgan fingerprint density at radius 3 is 2.81 bits per heavy atom. The fourth-order valence-corrected chi connectivity index (χ4v) is 4.12. The lowest BCUT2D eigenvalue weighted by Gasteiger charge is -2.24. The van der Waals surface area contributed by atoms with Crippen LogP contribution in [0, 0.1) is 0 Å². The number of pyridine rings is 1. The maximum atomic E-state index is 13.1. The molecule has 1 fully saturated rings. The first-order valence-electron chi connectivity index (χ1n) is 8.87. The average Bonchev–Trinajstić information content (AvgIpc) is 3.39. The van der Waals surface area contributed by atoms with Crippen LogP contribution in [0.5, 0.6) is 0 Å². The van der Waals surface area contributed by atoms with E-state index >= 15 is 0 Å². The van der Waals surface area contributed by atoms with Crippen molar-refractivity contribution in [1.82, 2.24) is 9.88 Å². The van der Waals surface area contributed by atoms with Crippen molar-refractivity contribution in [2.24, 2.45) is 0 Å². The molecule has 0 bridgehead atoms. The van der Waals surface area contributed by atoms with Crippen LogP contribution in [0.4, 0.5) is 5.69 Å². The first-order valence-corrected chi connectivity index (χ1v) is 9.81. The number of thiophene rings is 1. The largest absolute Gasteiger partial charge is 0.332 e. The van der Waals surface area contributed by atoms with Gasteiger partial charge in [0, 0.05) is 30.2 Å². The number of aromatic nitrogens is 1. The highest BCUT2D eigenvalue weighted by Crippen LogP contribution is 2.34. The molecule has 4 rings (SSSR count). The van der Waals surface area contributed by atoms with E-state index in [2.05, 4.69) is 21.7 Å². The summed E-state index contributed by atoms with van der Waals surface area (Å²) in [6.07, 6.45) is 5.12. The zero-order chi connectivity index (χ0) is 18.6. The number of carbonyl (C=O) groups excluding carboxylic acids is 2. The first kappa shape index (κ1) is 17.4. The molecule has 0 spiro atoms. The van der Waals surface area contributed by atoms with Gasteiger partial charge in [-0.05, 0) is 65.6 Å². The van der Waals surface area contributed by atoms with Gasteiger partial charge in [0.2, 0.25) is 0 Å². The second-order valence-corrected chi connectivity index (χ2v) is 7.27. The topological polar surface area (TPSA) is 62.3 Å². The molecule has 1 unspecified atom stereocenters. The Hall–Kier alpha value is -2.99. The Kier molecular flexibility index (Phi) is 4.98. The van der Waals surface area contributed by atoms with Crippen molar-refractivity contribution in [2.45, 2.75) is 18.9 Å². The molecule has 5 nitrogen and oxygen atoms in total. The molecule has 0 radical (unpaired) electrons. The quantitative estimate of drug-likeness (QED) is 0.734. The predicted octanol–water partition coefficient (Wildman–Crippen LogP) is 4.37. The molecule has 0 aliphatic carbocycles. The van der Waals surface area contributed by atoms with Crippen molar-refractivity contribution in [3.8, 4) is 0 Å². The van der Waals surface area contributed by atoms with E-state index in [1.165, 1.54) is 11.8 Å². The lowest BCUT2D eigenvalue weighted by molar-refractivity contribution is 0.0735. The van der Waals surface area contributed by atoms with E-state index < -0.39 is 0 Å². The summed E-state index contributed by atoms with van der Waals surface area (Å²) < 4.78 is 0. The minimum absolute atomic E-state index is 0.00109. The van der Waals surface area contributed by atoms with E-state index in [0.29, 0.717) is 16.8 Å². The molecule has 27 heavy (non-hydrogen) atoms. The summed E-state index contributed by atoms with van der Waals surface area (Å²) in [5.74, 6) is -0.244. The van der Waals surface area contributed by atoms with Crippen LogP contribution in [0.15, 0.2) is 65.6 Å². The molecular formula is C21H19N3O2S. The van der Waals surface area contributed by atoms with Crippen LogP contribution in [0.3, 0.4) is 0 Å². The summed E-state index contributed by atoms with van der Waals surface area (Å²) in [6.45, 7) is 0.756. The smallest absolute Gasteiger partial charge is 0.257 e. The molecule has 136 valence electrons. The van der Waals surface area contributed by atoms with Gasteiger partial charge in [0.1, 0.15) is 0 Å². The Morgan fingerprint density at radius 1 is 1.15 bits per heavy atom. The number of benzene rings is 1. The lowest BCUT2D eigenvalue weighted by Crippen LogP contribution is -2.30. The van der Waals surface area contributed by atoms with Crippen LogP contribution in [-0.2, 0) is 0 Å². The minimum atomic E-state index is -0.245. The van der Waals surface area contributed by atoms with E-state index in [1.54, 1.807) is 53.9 Å². The van der Waals surface area contributed by atoms with Crippen molar-refractivity contribution in [3.63, 3.8) is 0 Å². The van der Waals surface area contributed by atoms with E-state index in [-0.39, 0.29) is 17.9 Å². The number of anilines is 1. The number of hydrogen-bond donors (Lipinski definition) is 1. The number of nitrogens with zero attached hydrogens (tertiary/aromatic N) is 2. The fourth-order valence-electron chi connectivity index (χ4n) is 3.42. The third-order valence-electron chi connectivity index (χ3n) is 4.73. The SMILES string of the molecule is O=C(Nc1cccc(C(=O)N2CCCC2c2ccsc2)c1)c1cccnc1. The molecular weight excluding hydrogens is 358 g/mol. The molecule has 1 atom stereocenters. The van der Waals surface area contributed by atoms with E-state index in [0.717, 1.165) is 19.4 Å². The van der Waals surface area contributed by atoms with Crippen molar-refractivity contribution < 1.29 is 9.59 Å². The van der Waals surface area contributed by atoms with Crippen LogP contribution in [0.1, 0.15) is 45.2 Å². The van der Waals surface area contributed by atoms with Crippen LogP contribution < -0.4 is 5.32 Å². The van der Waals surface area contributed by atoms with Gasteiger partial charge in [-0.3, -0.25) is 14.6 Å². The van der Waals surface area contributed by atoms with Crippen molar-refractivity contribution in [1.29, 1.82) is 0 Å². The minimum Gasteiger partial charge on any atom is -0.332 e. The summed E-state index contributed by atoms with van der Waals surface area (Å²) >= 11 is 1.65. The summed E-state index contributed by atoms with van der Waals surface area (Å²) in [6, 6.07) is 12.8. The molecule has 1 aliphatic heterocycles. The molecule has 3 aromatic rings. The molecule has 0 saturated carbocycles. The van der Waals surface area contributed by atoms with E-state index in [1.807, 2.05) is 10.3 Å². The van der Waals surface area contributed by atoms with E-state index in [4.69, 9.17) is 0 Å². The van der Waals surface area contributed by atoms with Gasteiger partial charge in [0.15, 0.2) is 0 Å². The highest BCUT2D eigenvalue weighted by Gasteiger charge is 2.30. The maximum absolute atomic E-state index is 13.1. The molecule has 1 saturated heterocycles. The Labute approximate surface area is 161 Å². The molecule has 2 aromatic heterocycles. The number of hydrogen-bond acceptors (Lipinski definition) is 4. The normalized spacial score (nSPS) is 16.3. The number of rotatable bonds is 4. The standard InChI is InChI=1S/C21H19N3O2S/c25-20(16-5-2-9-22-13-16)23-18-6-1-4-15(12-18)21(26)24-10-3-7-19(24)17-8-11-27-14-17/h1-2,4-6,8-9,11-14,19H,3,7,10H2,(H,23,25). The van der Waals surface area contributed by atoms with Gasteiger partial charge in [0.25, 0.3) is 11.8 Å². The van der Waals surface area contributed by atoms with Crippen LogP contribution >= 0.6 is 11.3 Å². The second kappa shape index (κ2) is 7.72. The molecule has 1 N–H and O–H groups in total. The average molecular weight is 377 g/mol. The summed E-state index contributed by atoms with van der Waals surface area (Å²) in [4.78, 5) is 31.3.